The van der Waals surface area contributed by atoms with Crippen molar-refractivity contribution in [2.75, 3.05) is 0 Å². The average molecular weight is 343 g/mol. The maximum atomic E-state index is 13.6. The monoisotopic (exact) mass is 343 g/mol. The fourth-order valence-electron chi connectivity index (χ4n) is 5.84. The van der Waals surface area contributed by atoms with Gasteiger partial charge < -0.3 is 4.90 Å². The molecule has 4 atom stereocenters. The second-order valence-electron chi connectivity index (χ2n) is 8.27. The summed E-state index contributed by atoms with van der Waals surface area (Å²) in [6, 6.07) is 21.2. The van der Waals surface area contributed by atoms with Gasteiger partial charge in [-0.1, -0.05) is 79.7 Å². The van der Waals surface area contributed by atoms with Crippen molar-refractivity contribution in [3.8, 4) is 0 Å². The molecule has 2 aromatic rings. The van der Waals surface area contributed by atoms with E-state index in [9.17, 15) is 4.79 Å². The van der Waals surface area contributed by atoms with E-state index >= 15 is 0 Å². The van der Waals surface area contributed by atoms with Crippen molar-refractivity contribution < 1.29 is 4.79 Å². The van der Waals surface area contributed by atoms with Crippen LogP contribution in [0.2, 0.25) is 0 Å². The van der Waals surface area contributed by atoms with E-state index in [0.717, 1.165) is 12.8 Å². The molecule has 0 bridgehead atoms. The Hall–Kier alpha value is -2.35. The van der Waals surface area contributed by atoms with Crippen molar-refractivity contribution in [3.63, 3.8) is 0 Å². The topological polar surface area (TPSA) is 20.3 Å². The lowest BCUT2D eigenvalue weighted by Gasteiger charge is -2.42. The Labute approximate surface area is 155 Å². The number of carbonyl (C=O) groups excluding carboxylic acids is 1. The molecule has 2 nitrogen and oxygen atoms in total. The maximum absolute atomic E-state index is 13.6. The van der Waals surface area contributed by atoms with Crippen LogP contribution < -0.4 is 0 Å². The molecule has 0 N–H and O–H groups in total. The van der Waals surface area contributed by atoms with Gasteiger partial charge in [-0.25, -0.2) is 0 Å². The first kappa shape index (κ1) is 15.9. The highest BCUT2D eigenvalue weighted by atomic mass is 16.2. The lowest BCUT2D eigenvalue weighted by atomic mass is 9.67. The van der Waals surface area contributed by atoms with Crippen LogP contribution in [0.4, 0.5) is 0 Å². The number of rotatable bonds is 3. The Bertz CT molecular complexity index is 804. The summed E-state index contributed by atoms with van der Waals surface area (Å²) >= 11 is 0. The molecular formula is C24H25NO. The smallest absolute Gasteiger partial charge is 0.227 e. The van der Waals surface area contributed by atoms with Crippen LogP contribution in [-0.2, 0) is 4.79 Å². The minimum Gasteiger partial charge on any atom is -0.324 e. The van der Waals surface area contributed by atoms with Crippen LogP contribution in [0.5, 0.6) is 0 Å². The Kier molecular flexibility index (Phi) is 3.56. The standard InChI is InChI=1S/C24H25NO/c1-24-19-13-8-14-21(24)25(23(26)20(24)16-15-19)22(17-9-4-2-5-10-17)18-11-6-3-7-12-18/h2-12,14,19-22H,13,15-16H2,1H3/t19-,20-,21+,24+/m0/s1. The predicted octanol–water partition coefficient (Wildman–Crippen LogP) is 4.98. The van der Waals surface area contributed by atoms with Gasteiger partial charge in [-0.05, 0) is 36.3 Å². The van der Waals surface area contributed by atoms with Crippen molar-refractivity contribution in [1.29, 1.82) is 0 Å². The third-order valence-electron chi connectivity index (χ3n) is 7.17. The summed E-state index contributed by atoms with van der Waals surface area (Å²) in [5, 5.41) is 0. The minimum atomic E-state index is -0.0132. The molecule has 26 heavy (non-hydrogen) atoms. The second-order valence-corrected chi connectivity index (χ2v) is 8.27. The number of carbonyl (C=O) groups is 1. The first-order valence-electron chi connectivity index (χ1n) is 9.80. The van der Waals surface area contributed by atoms with Crippen LogP contribution in [-0.4, -0.2) is 16.8 Å². The molecular weight excluding hydrogens is 318 g/mol. The van der Waals surface area contributed by atoms with Gasteiger partial charge in [-0.15, -0.1) is 0 Å². The predicted molar refractivity (Wildman–Crippen MR) is 103 cm³/mol. The highest BCUT2D eigenvalue weighted by Crippen LogP contribution is 2.61. The van der Waals surface area contributed by atoms with E-state index in [-0.39, 0.29) is 23.4 Å². The fourth-order valence-corrected chi connectivity index (χ4v) is 5.84. The molecule has 5 rings (SSSR count). The lowest BCUT2D eigenvalue weighted by Crippen LogP contribution is -2.44. The first-order chi connectivity index (χ1) is 12.7. The first-order valence-corrected chi connectivity index (χ1v) is 9.80. The van der Waals surface area contributed by atoms with Crippen LogP contribution in [0.15, 0.2) is 72.8 Å². The molecule has 1 amide bonds. The van der Waals surface area contributed by atoms with Gasteiger partial charge in [0.05, 0.1) is 12.1 Å². The van der Waals surface area contributed by atoms with Gasteiger partial charge in [-0.2, -0.15) is 0 Å². The van der Waals surface area contributed by atoms with E-state index < -0.39 is 0 Å². The van der Waals surface area contributed by atoms with Crippen molar-refractivity contribution in [2.24, 2.45) is 17.3 Å². The maximum Gasteiger partial charge on any atom is 0.227 e. The Morgan fingerprint density at radius 3 is 2.19 bits per heavy atom. The van der Waals surface area contributed by atoms with Gasteiger partial charge in [0.25, 0.3) is 0 Å². The lowest BCUT2D eigenvalue weighted by molar-refractivity contribution is -0.133. The zero-order valence-corrected chi connectivity index (χ0v) is 15.2. The minimum absolute atomic E-state index is 0.0132. The highest BCUT2D eigenvalue weighted by molar-refractivity contribution is 5.85. The summed E-state index contributed by atoms with van der Waals surface area (Å²) in [5.74, 6) is 1.17. The number of allylic oxidation sites excluding steroid dienone is 1. The Balaban J connectivity index is 1.67. The largest absolute Gasteiger partial charge is 0.324 e. The van der Waals surface area contributed by atoms with E-state index in [1.165, 1.54) is 17.5 Å². The normalized spacial score (nSPS) is 32.3. The third-order valence-corrected chi connectivity index (χ3v) is 7.17. The van der Waals surface area contributed by atoms with E-state index in [1.54, 1.807) is 0 Å². The third kappa shape index (κ3) is 2.08. The Morgan fingerprint density at radius 2 is 1.58 bits per heavy atom. The van der Waals surface area contributed by atoms with Crippen LogP contribution in [0.3, 0.4) is 0 Å². The quantitative estimate of drug-likeness (QED) is 0.720. The van der Waals surface area contributed by atoms with Crippen LogP contribution >= 0.6 is 0 Å². The number of benzene rings is 2. The summed E-state index contributed by atoms with van der Waals surface area (Å²) in [5.41, 5.74) is 2.49. The average Bonchev–Trinajstić information content (AvgIpc) is 3.14. The van der Waals surface area contributed by atoms with Gasteiger partial charge in [0.2, 0.25) is 5.91 Å². The number of nitrogens with zero attached hydrogens (tertiary/aromatic N) is 1. The van der Waals surface area contributed by atoms with Crippen molar-refractivity contribution in [2.45, 2.75) is 38.3 Å². The van der Waals surface area contributed by atoms with E-state index in [1.807, 2.05) is 12.1 Å². The second kappa shape index (κ2) is 5.84. The van der Waals surface area contributed by atoms with Crippen molar-refractivity contribution >= 4 is 5.91 Å². The number of hydrogen-bond acceptors (Lipinski definition) is 1. The zero-order chi connectivity index (χ0) is 17.7. The Morgan fingerprint density at radius 1 is 0.962 bits per heavy atom. The molecule has 2 fully saturated rings. The summed E-state index contributed by atoms with van der Waals surface area (Å²) in [7, 11) is 0. The number of hydrogen-bond donors (Lipinski definition) is 0. The molecule has 1 heterocycles. The summed E-state index contributed by atoms with van der Waals surface area (Å²) in [4.78, 5) is 15.8. The van der Waals surface area contributed by atoms with Gasteiger partial charge in [0, 0.05) is 11.3 Å². The molecule has 1 aliphatic heterocycles. The van der Waals surface area contributed by atoms with Crippen molar-refractivity contribution in [1.82, 2.24) is 4.90 Å². The van der Waals surface area contributed by atoms with Crippen molar-refractivity contribution in [3.05, 3.63) is 83.9 Å². The van der Waals surface area contributed by atoms with Gasteiger partial charge >= 0.3 is 0 Å². The fraction of sp³-hybridized carbons (Fsp3) is 0.375. The number of likely N-dealkylation sites (tertiary alicyclic amines) is 1. The molecule has 2 aromatic carbocycles. The molecule has 1 saturated carbocycles. The molecule has 0 spiro atoms. The molecule has 1 saturated heterocycles. The van der Waals surface area contributed by atoms with Crippen LogP contribution in [0, 0.1) is 17.3 Å². The molecule has 0 radical (unpaired) electrons. The van der Waals surface area contributed by atoms with Crippen LogP contribution in [0.1, 0.15) is 43.4 Å². The molecule has 132 valence electrons. The van der Waals surface area contributed by atoms with E-state index in [4.69, 9.17) is 0 Å². The van der Waals surface area contributed by atoms with Crippen LogP contribution in [0.25, 0.3) is 0 Å². The summed E-state index contributed by atoms with van der Waals surface area (Å²) in [6.45, 7) is 2.37. The van der Waals surface area contributed by atoms with Gasteiger partial charge in [0.15, 0.2) is 0 Å². The molecule has 2 heteroatoms. The molecule has 2 aliphatic carbocycles. The highest BCUT2D eigenvalue weighted by Gasteiger charge is 2.63. The molecule has 3 aliphatic rings. The number of amides is 1. The summed E-state index contributed by atoms with van der Waals surface area (Å²) < 4.78 is 0. The van der Waals surface area contributed by atoms with E-state index in [0.29, 0.717) is 11.8 Å². The summed E-state index contributed by atoms with van der Waals surface area (Å²) in [6.07, 6.45) is 8.01. The van der Waals surface area contributed by atoms with Gasteiger partial charge in [0.1, 0.15) is 0 Å². The SMILES string of the molecule is C[C@]12[C@H]3CC=C[C@H]1N(C(c1ccccc1)c1ccccc1)C(=O)[C@@H]2CC3. The van der Waals surface area contributed by atoms with Gasteiger partial charge in [-0.3, -0.25) is 4.79 Å². The van der Waals surface area contributed by atoms with E-state index in [2.05, 4.69) is 72.5 Å². The zero-order valence-electron chi connectivity index (χ0n) is 15.2. The molecule has 0 aromatic heterocycles. The molecule has 0 unspecified atom stereocenters.